The van der Waals surface area contributed by atoms with Gasteiger partial charge in [0.25, 0.3) is 5.56 Å². The van der Waals surface area contributed by atoms with E-state index in [2.05, 4.69) is 20.9 Å². The Morgan fingerprint density at radius 2 is 1.97 bits per heavy atom. The van der Waals surface area contributed by atoms with Gasteiger partial charge in [-0.25, -0.2) is 9.79 Å². The van der Waals surface area contributed by atoms with Crippen LogP contribution in [-0.2, 0) is 9.53 Å². The minimum Gasteiger partial charge on any atom is -0.496 e. The van der Waals surface area contributed by atoms with Crippen molar-refractivity contribution in [3.05, 3.63) is 88.0 Å². The number of carbonyl (C=O) groups is 1. The largest absolute Gasteiger partial charge is 0.496 e. The van der Waals surface area contributed by atoms with Gasteiger partial charge < -0.3 is 14.2 Å². The third-order valence-electron chi connectivity index (χ3n) is 5.63. The van der Waals surface area contributed by atoms with Crippen LogP contribution in [0.3, 0.4) is 0 Å². The predicted molar refractivity (Wildman–Crippen MR) is 148 cm³/mol. The molecule has 0 amide bonds. The summed E-state index contributed by atoms with van der Waals surface area (Å²) in [6.07, 6.45) is 1.69. The minimum absolute atomic E-state index is 0.0575. The first-order valence-corrected chi connectivity index (χ1v) is 13.6. The molecule has 0 radical (unpaired) electrons. The molecule has 10 heteroatoms. The average Bonchev–Trinajstić information content (AvgIpc) is 3.14. The van der Waals surface area contributed by atoms with E-state index >= 15 is 0 Å². The van der Waals surface area contributed by atoms with Crippen molar-refractivity contribution >= 4 is 50.9 Å². The first-order valence-electron chi connectivity index (χ1n) is 11.6. The number of thiazole rings is 1. The van der Waals surface area contributed by atoms with Crippen molar-refractivity contribution in [2.45, 2.75) is 39.8 Å². The molecule has 4 rings (SSSR count). The number of fused-ring (bicyclic) bond motifs is 1. The third kappa shape index (κ3) is 5.54. The molecule has 2 aromatic carbocycles. The van der Waals surface area contributed by atoms with Crippen LogP contribution in [0.2, 0.25) is 5.02 Å². The highest BCUT2D eigenvalue weighted by Crippen LogP contribution is 2.35. The molecule has 194 valence electrons. The second kappa shape index (κ2) is 11.2. The lowest BCUT2D eigenvalue weighted by Gasteiger charge is -2.25. The second-order valence-electron chi connectivity index (χ2n) is 8.55. The van der Waals surface area contributed by atoms with Crippen LogP contribution in [0.15, 0.2) is 61.9 Å². The van der Waals surface area contributed by atoms with Gasteiger partial charge in [0, 0.05) is 10.6 Å². The van der Waals surface area contributed by atoms with Crippen molar-refractivity contribution in [3.63, 3.8) is 0 Å². The molecule has 7 nitrogen and oxygen atoms in total. The zero-order valence-electron chi connectivity index (χ0n) is 21.0. The summed E-state index contributed by atoms with van der Waals surface area (Å²) in [7, 11) is 1.57. The molecule has 0 saturated heterocycles. The molecule has 2 heterocycles. The highest BCUT2D eigenvalue weighted by Gasteiger charge is 2.33. The normalized spacial score (nSPS) is 15.5. The summed E-state index contributed by atoms with van der Waals surface area (Å²) in [5, 5.41) is 0.525. The smallest absolute Gasteiger partial charge is 0.338 e. The molecule has 1 aliphatic rings. The fourth-order valence-electron chi connectivity index (χ4n) is 4.09. The van der Waals surface area contributed by atoms with E-state index in [0.717, 1.165) is 0 Å². The van der Waals surface area contributed by atoms with Gasteiger partial charge >= 0.3 is 5.97 Å². The molecule has 0 saturated carbocycles. The van der Waals surface area contributed by atoms with Crippen LogP contribution >= 0.6 is 38.9 Å². The van der Waals surface area contributed by atoms with E-state index in [9.17, 15) is 9.59 Å². The van der Waals surface area contributed by atoms with Gasteiger partial charge in [-0.15, -0.1) is 0 Å². The molecule has 0 unspecified atom stereocenters. The van der Waals surface area contributed by atoms with E-state index < -0.39 is 12.0 Å². The van der Waals surface area contributed by atoms with E-state index in [4.69, 9.17) is 25.8 Å². The van der Waals surface area contributed by atoms with Crippen LogP contribution in [0.5, 0.6) is 11.5 Å². The van der Waals surface area contributed by atoms with E-state index in [0.29, 0.717) is 52.7 Å². The lowest BCUT2D eigenvalue weighted by molar-refractivity contribution is -0.139. The summed E-state index contributed by atoms with van der Waals surface area (Å²) in [5.74, 6) is 0.731. The number of halogens is 2. The Kier molecular flexibility index (Phi) is 8.26. The summed E-state index contributed by atoms with van der Waals surface area (Å²) < 4.78 is 19.3. The van der Waals surface area contributed by atoms with E-state index in [1.165, 1.54) is 15.9 Å². The van der Waals surface area contributed by atoms with Gasteiger partial charge in [-0.1, -0.05) is 29.0 Å². The maximum Gasteiger partial charge on any atom is 0.338 e. The molecule has 0 bridgehead atoms. The SMILES string of the molecule is CCOC(=O)C1=C(C)N=c2s/c(=C/c3cc(Cl)ccc3OC(C)C)c(=O)n2[C@H]1c1ccc(OC)c(Br)c1. The van der Waals surface area contributed by atoms with Crippen LogP contribution in [0.4, 0.5) is 0 Å². The number of hydrogen-bond acceptors (Lipinski definition) is 7. The van der Waals surface area contributed by atoms with Crippen molar-refractivity contribution < 1.29 is 19.0 Å². The molecule has 0 aliphatic carbocycles. The molecule has 0 fully saturated rings. The highest BCUT2D eigenvalue weighted by molar-refractivity contribution is 9.10. The quantitative estimate of drug-likeness (QED) is 0.354. The number of esters is 1. The van der Waals surface area contributed by atoms with Gasteiger partial charge in [0.1, 0.15) is 11.5 Å². The average molecular weight is 606 g/mol. The number of allylic oxidation sites excluding steroid dienone is 1. The van der Waals surface area contributed by atoms with Crippen molar-refractivity contribution in [3.8, 4) is 11.5 Å². The van der Waals surface area contributed by atoms with Gasteiger partial charge in [-0.05, 0) is 85.6 Å². The number of rotatable bonds is 7. The van der Waals surface area contributed by atoms with E-state index in [-0.39, 0.29) is 18.3 Å². The zero-order valence-corrected chi connectivity index (χ0v) is 24.2. The van der Waals surface area contributed by atoms with Crippen molar-refractivity contribution in [2.24, 2.45) is 4.99 Å². The monoisotopic (exact) mass is 604 g/mol. The first-order chi connectivity index (χ1) is 17.6. The molecule has 0 spiro atoms. The number of aromatic nitrogens is 1. The van der Waals surface area contributed by atoms with Gasteiger partial charge in [-0.2, -0.15) is 0 Å². The maximum absolute atomic E-state index is 13.9. The number of ether oxygens (including phenoxy) is 3. The topological polar surface area (TPSA) is 79.1 Å². The molecule has 1 aliphatic heterocycles. The fourth-order valence-corrected chi connectivity index (χ4v) is 5.87. The van der Waals surface area contributed by atoms with Crippen LogP contribution < -0.4 is 24.4 Å². The Hall–Kier alpha value is -2.88. The van der Waals surface area contributed by atoms with E-state index in [1.807, 2.05) is 26.0 Å². The number of nitrogens with zero attached hydrogens (tertiary/aromatic N) is 2. The summed E-state index contributed by atoms with van der Waals surface area (Å²) in [4.78, 5) is 32.0. The standard InChI is InChI=1S/C27H26BrClN2O5S/c1-6-35-26(33)23-15(4)30-27-31(24(23)16-7-9-21(34-5)19(28)12-16)25(32)22(37-27)13-17-11-18(29)8-10-20(17)36-14(2)3/h7-14,24H,6H2,1-5H3/b22-13+/t24-/m0/s1. The van der Waals surface area contributed by atoms with Gasteiger partial charge in [0.05, 0.1) is 46.1 Å². The number of methoxy groups -OCH3 is 1. The second-order valence-corrected chi connectivity index (χ2v) is 10.8. The predicted octanol–water partition coefficient (Wildman–Crippen LogP) is 5.01. The molecule has 37 heavy (non-hydrogen) atoms. The van der Waals surface area contributed by atoms with Crippen molar-refractivity contribution in [1.82, 2.24) is 4.57 Å². The fraction of sp³-hybridized carbons (Fsp3) is 0.296. The summed E-state index contributed by atoms with van der Waals surface area (Å²) in [5.41, 5.74) is 1.91. The Bertz CT molecular complexity index is 1570. The lowest BCUT2D eigenvalue weighted by Crippen LogP contribution is -2.40. The Morgan fingerprint density at radius 3 is 2.62 bits per heavy atom. The van der Waals surface area contributed by atoms with Gasteiger partial charge in [-0.3, -0.25) is 9.36 Å². The van der Waals surface area contributed by atoms with Crippen molar-refractivity contribution in [2.75, 3.05) is 13.7 Å². The number of benzene rings is 2. The number of hydrogen-bond donors (Lipinski definition) is 0. The molecule has 1 atom stereocenters. The Morgan fingerprint density at radius 1 is 1.24 bits per heavy atom. The molecular weight excluding hydrogens is 580 g/mol. The first kappa shape index (κ1) is 27.2. The Labute approximate surface area is 231 Å². The van der Waals surface area contributed by atoms with Crippen molar-refractivity contribution in [1.29, 1.82) is 0 Å². The molecular formula is C27H26BrClN2O5S. The molecule has 3 aromatic rings. The lowest BCUT2D eigenvalue weighted by atomic mass is 9.96. The van der Waals surface area contributed by atoms with Crippen LogP contribution in [0, 0.1) is 0 Å². The van der Waals surface area contributed by atoms with E-state index in [1.54, 1.807) is 51.3 Å². The van der Waals surface area contributed by atoms with Gasteiger partial charge in [0.15, 0.2) is 4.80 Å². The van der Waals surface area contributed by atoms with Crippen LogP contribution in [-0.4, -0.2) is 30.4 Å². The van der Waals surface area contributed by atoms with Gasteiger partial charge in [0.2, 0.25) is 0 Å². The molecule has 0 N–H and O–H groups in total. The van der Waals surface area contributed by atoms with Crippen LogP contribution in [0.25, 0.3) is 6.08 Å². The minimum atomic E-state index is -0.731. The summed E-state index contributed by atoms with van der Waals surface area (Å²) in [6, 6.07) is 10.0. The maximum atomic E-state index is 13.9. The number of carbonyl (C=O) groups excluding carboxylic acids is 1. The highest BCUT2D eigenvalue weighted by atomic mass is 79.9. The zero-order chi connectivity index (χ0) is 26.9. The Balaban J connectivity index is 1.96. The summed E-state index contributed by atoms with van der Waals surface area (Å²) in [6.45, 7) is 7.55. The summed E-state index contributed by atoms with van der Waals surface area (Å²) >= 11 is 11.0. The third-order valence-corrected chi connectivity index (χ3v) is 7.47. The van der Waals surface area contributed by atoms with Crippen LogP contribution in [0.1, 0.15) is 44.9 Å². The molecule has 1 aromatic heterocycles.